The van der Waals surface area contributed by atoms with E-state index in [9.17, 15) is 4.79 Å². The molecule has 1 N–H and O–H groups in total. The van der Waals surface area contributed by atoms with E-state index < -0.39 is 0 Å². The highest BCUT2D eigenvalue weighted by molar-refractivity contribution is 9.09. The number of rotatable bonds is 7. The van der Waals surface area contributed by atoms with Crippen LogP contribution in [0, 0.1) is 0 Å². The Labute approximate surface area is 167 Å². The van der Waals surface area contributed by atoms with Crippen LogP contribution >= 0.6 is 15.9 Å². The Morgan fingerprint density at radius 1 is 1.33 bits per heavy atom. The maximum Gasteiger partial charge on any atom is 0.255 e. The van der Waals surface area contributed by atoms with E-state index in [0.717, 1.165) is 23.1 Å². The van der Waals surface area contributed by atoms with Gasteiger partial charge in [0.25, 0.3) is 5.91 Å². The number of halogens is 1. The second kappa shape index (κ2) is 8.90. The summed E-state index contributed by atoms with van der Waals surface area (Å²) in [7, 11) is 3.51. The number of alkyl halides is 1. The molecule has 1 heterocycles. The van der Waals surface area contributed by atoms with E-state index in [0.29, 0.717) is 23.6 Å². The standard InChI is InChI=1S/C20H22BrN3O3/c1-24-18(8-10-22-24)17-13-15(6-7-19(17)27-11-9-21)23-20(25)14-4-3-5-16(12-14)26-2/h3-7,10,12-13,18H,8-9,11H2,1-2H3,(H,23,25). The van der Waals surface area contributed by atoms with Crippen LogP contribution < -0.4 is 14.8 Å². The topological polar surface area (TPSA) is 63.2 Å². The molecule has 2 aromatic rings. The number of anilines is 1. The molecule has 0 aromatic heterocycles. The van der Waals surface area contributed by atoms with Crippen LogP contribution in [0.25, 0.3) is 0 Å². The molecular formula is C20H22BrN3O3. The van der Waals surface area contributed by atoms with Gasteiger partial charge in [-0.15, -0.1) is 0 Å². The third kappa shape index (κ3) is 4.60. The molecule has 142 valence electrons. The van der Waals surface area contributed by atoms with Gasteiger partial charge in [-0.25, -0.2) is 0 Å². The molecule has 1 atom stereocenters. The van der Waals surface area contributed by atoms with E-state index in [-0.39, 0.29) is 11.9 Å². The summed E-state index contributed by atoms with van der Waals surface area (Å²) >= 11 is 3.38. The average Bonchev–Trinajstić information content (AvgIpc) is 3.12. The van der Waals surface area contributed by atoms with Crippen LogP contribution in [0.15, 0.2) is 47.6 Å². The maximum atomic E-state index is 12.6. The highest BCUT2D eigenvalue weighted by Gasteiger charge is 2.23. The van der Waals surface area contributed by atoms with Crippen LogP contribution in [0.2, 0.25) is 0 Å². The Bertz CT molecular complexity index is 841. The number of hydrogen-bond donors (Lipinski definition) is 1. The fraction of sp³-hybridized carbons (Fsp3) is 0.300. The van der Waals surface area contributed by atoms with Crippen molar-refractivity contribution in [2.75, 3.05) is 31.4 Å². The highest BCUT2D eigenvalue weighted by Crippen LogP contribution is 2.35. The molecule has 2 aromatic carbocycles. The first-order valence-corrected chi connectivity index (χ1v) is 9.78. The highest BCUT2D eigenvalue weighted by atomic mass is 79.9. The largest absolute Gasteiger partial charge is 0.497 e. The normalized spacial score (nSPS) is 15.7. The predicted molar refractivity (Wildman–Crippen MR) is 110 cm³/mol. The van der Waals surface area contributed by atoms with Gasteiger partial charge in [-0.2, -0.15) is 5.10 Å². The fourth-order valence-corrected chi connectivity index (χ4v) is 3.13. The van der Waals surface area contributed by atoms with Gasteiger partial charge in [0.05, 0.1) is 19.8 Å². The molecule has 0 radical (unpaired) electrons. The molecule has 1 amide bonds. The quantitative estimate of drug-likeness (QED) is 0.670. The van der Waals surface area contributed by atoms with Gasteiger partial charge in [-0.1, -0.05) is 22.0 Å². The van der Waals surface area contributed by atoms with Crippen LogP contribution in [0.3, 0.4) is 0 Å². The zero-order chi connectivity index (χ0) is 19.2. The Hall–Kier alpha value is -2.54. The van der Waals surface area contributed by atoms with Gasteiger partial charge < -0.3 is 14.8 Å². The van der Waals surface area contributed by atoms with Gasteiger partial charge in [0.2, 0.25) is 0 Å². The van der Waals surface area contributed by atoms with Crippen molar-refractivity contribution in [3.8, 4) is 11.5 Å². The maximum absolute atomic E-state index is 12.6. The summed E-state index contributed by atoms with van der Waals surface area (Å²) in [4.78, 5) is 12.6. The number of nitrogens with zero attached hydrogens (tertiary/aromatic N) is 2. The number of amides is 1. The summed E-state index contributed by atoms with van der Waals surface area (Å²) in [6.45, 7) is 0.569. The first-order valence-electron chi connectivity index (χ1n) is 8.65. The molecule has 7 heteroatoms. The number of nitrogens with one attached hydrogen (secondary N) is 1. The van der Waals surface area contributed by atoms with Gasteiger partial charge in [-0.05, 0) is 36.4 Å². The van der Waals surface area contributed by atoms with E-state index >= 15 is 0 Å². The Balaban J connectivity index is 1.83. The summed E-state index contributed by atoms with van der Waals surface area (Å²) in [5, 5.41) is 9.92. The summed E-state index contributed by atoms with van der Waals surface area (Å²) in [5.74, 6) is 1.26. The van der Waals surface area contributed by atoms with Gasteiger partial charge in [0.1, 0.15) is 11.5 Å². The lowest BCUT2D eigenvalue weighted by Gasteiger charge is -2.23. The smallest absolute Gasteiger partial charge is 0.255 e. The van der Waals surface area contributed by atoms with E-state index in [1.165, 1.54) is 0 Å². The molecule has 0 fully saturated rings. The van der Waals surface area contributed by atoms with Crippen molar-refractivity contribution in [2.45, 2.75) is 12.5 Å². The number of hydrazone groups is 1. The number of ether oxygens (including phenoxy) is 2. The van der Waals surface area contributed by atoms with Crippen molar-refractivity contribution in [1.29, 1.82) is 0 Å². The summed E-state index contributed by atoms with van der Waals surface area (Å²) in [6, 6.07) is 12.8. The summed E-state index contributed by atoms with van der Waals surface area (Å²) in [5.41, 5.74) is 2.25. The van der Waals surface area contributed by atoms with Crippen molar-refractivity contribution in [2.24, 2.45) is 5.10 Å². The van der Waals surface area contributed by atoms with Gasteiger partial charge in [-0.3, -0.25) is 9.80 Å². The van der Waals surface area contributed by atoms with Crippen LogP contribution in [0.5, 0.6) is 11.5 Å². The van der Waals surface area contributed by atoms with Crippen molar-refractivity contribution in [3.63, 3.8) is 0 Å². The lowest BCUT2D eigenvalue weighted by molar-refractivity contribution is 0.102. The molecule has 27 heavy (non-hydrogen) atoms. The minimum absolute atomic E-state index is 0.0870. The summed E-state index contributed by atoms with van der Waals surface area (Å²) < 4.78 is 11.1. The van der Waals surface area contributed by atoms with E-state index in [2.05, 4.69) is 26.3 Å². The van der Waals surface area contributed by atoms with E-state index in [1.54, 1.807) is 31.4 Å². The fourth-order valence-electron chi connectivity index (χ4n) is 2.97. The van der Waals surface area contributed by atoms with Crippen LogP contribution in [0.1, 0.15) is 28.4 Å². The number of hydrogen-bond acceptors (Lipinski definition) is 5. The third-order valence-electron chi connectivity index (χ3n) is 4.34. The minimum Gasteiger partial charge on any atom is -0.497 e. The van der Waals surface area contributed by atoms with E-state index in [1.807, 2.05) is 36.5 Å². The molecular weight excluding hydrogens is 410 g/mol. The van der Waals surface area contributed by atoms with Gasteiger partial charge >= 0.3 is 0 Å². The Kier molecular flexibility index (Phi) is 6.34. The molecule has 1 aliphatic heterocycles. The second-order valence-electron chi connectivity index (χ2n) is 6.10. The van der Waals surface area contributed by atoms with Crippen LogP contribution in [0.4, 0.5) is 5.69 Å². The van der Waals surface area contributed by atoms with E-state index in [4.69, 9.17) is 9.47 Å². The monoisotopic (exact) mass is 431 g/mol. The molecule has 0 saturated heterocycles. The minimum atomic E-state index is -0.190. The first kappa shape index (κ1) is 19.2. The molecule has 0 saturated carbocycles. The average molecular weight is 432 g/mol. The molecule has 1 aliphatic rings. The molecule has 0 spiro atoms. The van der Waals surface area contributed by atoms with Gasteiger partial charge in [0.15, 0.2) is 0 Å². The second-order valence-corrected chi connectivity index (χ2v) is 6.89. The molecule has 1 unspecified atom stereocenters. The van der Waals surface area contributed by atoms with Crippen molar-refractivity contribution < 1.29 is 14.3 Å². The first-order chi connectivity index (χ1) is 13.1. The number of benzene rings is 2. The van der Waals surface area contributed by atoms with Crippen molar-refractivity contribution in [1.82, 2.24) is 5.01 Å². The van der Waals surface area contributed by atoms with Crippen LogP contribution in [-0.2, 0) is 0 Å². The number of methoxy groups -OCH3 is 1. The third-order valence-corrected chi connectivity index (χ3v) is 4.66. The van der Waals surface area contributed by atoms with Crippen molar-refractivity contribution in [3.05, 3.63) is 53.6 Å². The number of carbonyl (C=O) groups excluding carboxylic acids is 1. The Morgan fingerprint density at radius 3 is 2.89 bits per heavy atom. The Morgan fingerprint density at radius 2 is 2.19 bits per heavy atom. The lowest BCUT2D eigenvalue weighted by Crippen LogP contribution is -2.17. The molecule has 0 aliphatic carbocycles. The van der Waals surface area contributed by atoms with Gasteiger partial charge in [0, 0.05) is 41.8 Å². The summed E-state index contributed by atoms with van der Waals surface area (Å²) in [6.07, 6.45) is 2.69. The SMILES string of the molecule is COc1cccc(C(=O)Nc2ccc(OCCBr)c(C3CC=NN3C)c2)c1. The number of carbonyl (C=O) groups is 1. The lowest BCUT2D eigenvalue weighted by atomic mass is 10.0. The molecule has 3 rings (SSSR count). The predicted octanol–water partition coefficient (Wildman–Crippen LogP) is 4.08. The molecule has 0 bridgehead atoms. The van der Waals surface area contributed by atoms with Crippen molar-refractivity contribution >= 4 is 33.7 Å². The van der Waals surface area contributed by atoms with Crippen LogP contribution in [-0.4, -0.2) is 43.2 Å². The zero-order valence-corrected chi connectivity index (χ0v) is 16.9. The molecule has 6 nitrogen and oxygen atoms in total. The zero-order valence-electron chi connectivity index (χ0n) is 15.3.